The second-order valence-electron chi connectivity index (χ2n) is 3.88. The van der Waals surface area contributed by atoms with Crippen LogP contribution in [0.2, 0.25) is 0 Å². The summed E-state index contributed by atoms with van der Waals surface area (Å²) in [4.78, 5) is 0. The van der Waals surface area contributed by atoms with Crippen molar-refractivity contribution in [3.05, 3.63) is 35.5 Å². The fourth-order valence-electron chi connectivity index (χ4n) is 2.09. The number of hydrogen-bond acceptors (Lipinski definition) is 1. The van der Waals surface area contributed by atoms with Crippen LogP contribution in [-0.2, 0) is 17.9 Å². The van der Waals surface area contributed by atoms with Crippen molar-refractivity contribution < 1.29 is 4.74 Å². The summed E-state index contributed by atoms with van der Waals surface area (Å²) in [6, 6.07) is 8.79. The van der Waals surface area contributed by atoms with E-state index in [0.29, 0.717) is 6.61 Å². The summed E-state index contributed by atoms with van der Waals surface area (Å²) in [5.41, 5.74) is 3.86. The topological polar surface area (TPSA) is 14.2 Å². The lowest BCUT2D eigenvalue weighted by molar-refractivity contribution is 0.178. The number of fused-ring (bicyclic) bond motifs is 1. The Morgan fingerprint density at radius 3 is 2.73 bits per heavy atom. The molecule has 0 aliphatic rings. The van der Waals surface area contributed by atoms with Crippen molar-refractivity contribution in [2.24, 2.45) is 0 Å². The van der Waals surface area contributed by atoms with Crippen molar-refractivity contribution >= 4 is 10.9 Å². The Hall–Kier alpha value is -1.28. The Bertz CT molecular complexity index is 471. The summed E-state index contributed by atoms with van der Waals surface area (Å²) < 4.78 is 7.51. The van der Waals surface area contributed by atoms with Gasteiger partial charge < -0.3 is 9.30 Å². The van der Waals surface area contributed by atoms with Gasteiger partial charge in [-0.25, -0.2) is 0 Å². The van der Waals surface area contributed by atoms with E-state index in [9.17, 15) is 0 Å². The molecule has 0 saturated carbocycles. The predicted octanol–water partition coefficient (Wildman–Crippen LogP) is 3.12. The number of methoxy groups -OCH3 is 1. The van der Waals surface area contributed by atoms with Gasteiger partial charge in [-0.1, -0.05) is 11.6 Å². The van der Waals surface area contributed by atoms with Gasteiger partial charge >= 0.3 is 0 Å². The minimum Gasteiger partial charge on any atom is -0.378 e. The summed E-state index contributed by atoms with van der Waals surface area (Å²) in [5.74, 6) is 0. The second kappa shape index (κ2) is 4.07. The molecule has 0 unspecified atom stereocenters. The number of hydrogen-bond donors (Lipinski definition) is 0. The number of aryl methyl sites for hydroxylation is 2. The van der Waals surface area contributed by atoms with Crippen LogP contribution in [0.1, 0.15) is 18.2 Å². The molecule has 0 amide bonds. The molecule has 0 spiro atoms. The largest absolute Gasteiger partial charge is 0.378 e. The van der Waals surface area contributed by atoms with Gasteiger partial charge in [-0.15, -0.1) is 0 Å². The van der Waals surface area contributed by atoms with Crippen molar-refractivity contribution in [1.82, 2.24) is 4.57 Å². The molecule has 0 fully saturated rings. The van der Waals surface area contributed by atoms with Crippen molar-refractivity contribution in [2.45, 2.75) is 27.0 Å². The summed E-state index contributed by atoms with van der Waals surface area (Å²) in [6.07, 6.45) is 0. The first-order chi connectivity index (χ1) is 7.26. The van der Waals surface area contributed by atoms with E-state index in [2.05, 4.69) is 42.7 Å². The molecule has 0 atom stereocenters. The van der Waals surface area contributed by atoms with Crippen LogP contribution in [-0.4, -0.2) is 11.7 Å². The van der Waals surface area contributed by atoms with Crippen LogP contribution in [0.15, 0.2) is 24.3 Å². The van der Waals surface area contributed by atoms with Crippen molar-refractivity contribution in [3.63, 3.8) is 0 Å². The molecule has 1 aromatic heterocycles. The fourth-order valence-corrected chi connectivity index (χ4v) is 2.09. The maximum Gasteiger partial charge on any atom is 0.0864 e. The minimum absolute atomic E-state index is 0.682. The maximum atomic E-state index is 5.21. The smallest absolute Gasteiger partial charge is 0.0864 e. The monoisotopic (exact) mass is 203 g/mol. The number of ether oxygens (including phenoxy) is 1. The Kier molecular flexibility index (Phi) is 2.78. The number of nitrogens with zero attached hydrogens (tertiary/aromatic N) is 1. The van der Waals surface area contributed by atoms with E-state index in [-0.39, 0.29) is 0 Å². The van der Waals surface area contributed by atoms with Crippen LogP contribution < -0.4 is 0 Å². The quantitative estimate of drug-likeness (QED) is 0.747. The van der Waals surface area contributed by atoms with Gasteiger partial charge in [0.25, 0.3) is 0 Å². The van der Waals surface area contributed by atoms with Gasteiger partial charge in [-0.05, 0) is 32.0 Å². The molecule has 0 aliphatic heterocycles. The van der Waals surface area contributed by atoms with Crippen LogP contribution in [0.3, 0.4) is 0 Å². The molecule has 0 saturated heterocycles. The summed E-state index contributed by atoms with van der Waals surface area (Å²) in [7, 11) is 1.74. The average molecular weight is 203 g/mol. The first-order valence-corrected chi connectivity index (χ1v) is 5.34. The van der Waals surface area contributed by atoms with Crippen LogP contribution >= 0.6 is 0 Å². The Labute approximate surface area is 90.5 Å². The maximum absolute atomic E-state index is 5.21. The predicted molar refractivity (Wildman–Crippen MR) is 63.1 cm³/mol. The van der Waals surface area contributed by atoms with Gasteiger partial charge in [0, 0.05) is 30.3 Å². The SMILES string of the molecule is CCn1c(COC)cc2cc(C)ccc21. The zero-order valence-corrected chi connectivity index (χ0v) is 9.58. The third kappa shape index (κ3) is 1.77. The lowest BCUT2D eigenvalue weighted by atomic mass is 10.2. The van der Waals surface area contributed by atoms with Crippen LogP contribution in [0.25, 0.3) is 10.9 Å². The highest BCUT2D eigenvalue weighted by atomic mass is 16.5. The molecule has 2 aromatic rings. The highest BCUT2D eigenvalue weighted by Crippen LogP contribution is 2.21. The molecule has 1 aromatic carbocycles. The molecule has 2 rings (SSSR count). The normalized spacial score (nSPS) is 11.1. The molecule has 15 heavy (non-hydrogen) atoms. The Morgan fingerprint density at radius 2 is 2.07 bits per heavy atom. The Morgan fingerprint density at radius 1 is 1.27 bits per heavy atom. The second-order valence-corrected chi connectivity index (χ2v) is 3.88. The highest BCUT2D eigenvalue weighted by molar-refractivity contribution is 5.82. The Balaban J connectivity index is 2.62. The van der Waals surface area contributed by atoms with E-state index in [0.717, 1.165) is 6.54 Å². The first-order valence-electron chi connectivity index (χ1n) is 5.34. The summed E-state index contributed by atoms with van der Waals surface area (Å²) >= 11 is 0. The first kappa shape index (κ1) is 10.2. The molecule has 0 bridgehead atoms. The van der Waals surface area contributed by atoms with Crippen LogP contribution in [0.5, 0.6) is 0 Å². The molecule has 80 valence electrons. The van der Waals surface area contributed by atoms with E-state index in [1.54, 1.807) is 7.11 Å². The zero-order chi connectivity index (χ0) is 10.8. The molecule has 0 aliphatic carbocycles. The minimum atomic E-state index is 0.682. The average Bonchev–Trinajstić information content (AvgIpc) is 2.54. The summed E-state index contributed by atoms with van der Waals surface area (Å²) in [6.45, 7) is 5.96. The van der Waals surface area contributed by atoms with Crippen molar-refractivity contribution in [2.75, 3.05) is 7.11 Å². The highest BCUT2D eigenvalue weighted by Gasteiger charge is 2.06. The lowest BCUT2D eigenvalue weighted by Gasteiger charge is -2.06. The number of rotatable bonds is 3. The third-order valence-corrected chi connectivity index (χ3v) is 2.75. The van der Waals surface area contributed by atoms with Crippen molar-refractivity contribution in [3.8, 4) is 0 Å². The summed E-state index contributed by atoms with van der Waals surface area (Å²) in [5, 5.41) is 1.31. The van der Waals surface area contributed by atoms with E-state index >= 15 is 0 Å². The van der Waals surface area contributed by atoms with Gasteiger partial charge in [0.2, 0.25) is 0 Å². The molecule has 0 radical (unpaired) electrons. The van der Waals surface area contributed by atoms with Gasteiger partial charge in [0.05, 0.1) is 6.61 Å². The van der Waals surface area contributed by atoms with Gasteiger partial charge in [-0.3, -0.25) is 0 Å². The molecule has 2 nitrogen and oxygen atoms in total. The lowest BCUT2D eigenvalue weighted by Crippen LogP contribution is -2.01. The van der Waals surface area contributed by atoms with E-state index in [1.165, 1.54) is 22.2 Å². The van der Waals surface area contributed by atoms with Gasteiger partial charge in [-0.2, -0.15) is 0 Å². The van der Waals surface area contributed by atoms with E-state index < -0.39 is 0 Å². The zero-order valence-electron chi connectivity index (χ0n) is 9.58. The standard InChI is InChI=1S/C13H17NO/c1-4-14-12(9-15-3)8-11-7-10(2)5-6-13(11)14/h5-8H,4,9H2,1-3H3. The molecule has 1 heterocycles. The van der Waals surface area contributed by atoms with E-state index in [4.69, 9.17) is 4.74 Å². The van der Waals surface area contributed by atoms with Crippen LogP contribution in [0, 0.1) is 6.92 Å². The molecule has 0 N–H and O–H groups in total. The van der Waals surface area contributed by atoms with Gasteiger partial charge in [0.15, 0.2) is 0 Å². The van der Waals surface area contributed by atoms with E-state index in [1.807, 2.05) is 0 Å². The number of aromatic nitrogens is 1. The van der Waals surface area contributed by atoms with Crippen molar-refractivity contribution in [1.29, 1.82) is 0 Å². The third-order valence-electron chi connectivity index (χ3n) is 2.75. The number of benzene rings is 1. The van der Waals surface area contributed by atoms with Crippen LogP contribution in [0.4, 0.5) is 0 Å². The van der Waals surface area contributed by atoms with Gasteiger partial charge in [0.1, 0.15) is 0 Å². The molecule has 2 heteroatoms. The molecular weight excluding hydrogens is 186 g/mol. The molecular formula is C13H17NO. The fraction of sp³-hybridized carbons (Fsp3) is 0.385.